The summed E-state index contributed by atoms with van der Waals surface area (Å²) >= 11 is 0. The molecule has 2 heterocycles. The maximum Gasteiger partial charge on any atom is 0.242 e. The van der Waals surface area contributed by atoms with Crippen LogP contribution in [0.4, 0.5) is 0 Å². The Morgan fingerprint density at radius 2 is 2.14 bits per heavy atom. The molecule has 0 aromatic heterocycles. The van der Waals surface area contributed by atoms with Crippen LogP contribution in [0.2, 0.25) is 0 Å². The second kappa shape index (κ2) is 8.51. The zero-order valence-corrected chi connectivity index (χ0v) is 14.1. The van der Waals surface area contributed by atoms with Gasteiger partial charge in [0, 0.05) is 26.1 Å². The minimum atomic E-state index is 0.0763. The van der Waals surface area contributed by atoms with Gasteiger partial charge in [0.25, 0.3) is 0 Å². The molecule has 0 N–H and O–H groups in total. The van der Waals surface area contributed by atoms with Gasteiger partial charge in [0.05, 0.1) is 19.3 Å². The lowest BCUT2D eigenvalue weighted by atomic mass is 10.0. The lowest BCUT2D eigenvalue weighted by Crippen LogP contribution is -2.50. The standard InChI is InChI=1S/C17H30N2O3/c1-14(2)6-5-7-15-12-19(10-11-22-15)17(21)13-18-9-4-3-8-16(18)20/h14-15H,3-13H2,1-2H3/t15-/m0/s1. The molecule has 5 nitrogen and oxygen atoms in total. The van der Waals surface area contributed by atoms with Crippen LogP contribution in [0.25, 0.3) is 0 Å². The summed E-state index contributed by atoms with van der Waals surface area (Å²) in [5.41, 5.74) is 0. The van der Waals surface area contributed by atoms with E-state index in [0.29, 0.717) is 32.0 Å². The van der Waals surface area contributed by atoms with Gasteiger partial charge < -0.3 is 14.5 Å². The Bertz CT molecular complexity index is 384. The zero-order valence-electron chi connectivity index (χ0n) is 14.1. The number of carbonyl (C=O) groups is 2. The number of piperidine rings is 1. The number of ether oxygens (including phenoxy) is 1. The van der Waals surface area contributed by atoms with E-state index >= 15 is 0 Å². The normalized spacial score (nSPS) is 23.2. The minimum absolute atomic E-state index is 0.0763. The van der Waals surface area contributed by atoms with E-state index in [0.717, 1.165) is 32.2 Å². The molecule has 0 spiro atoms. The Hall–Kier alpha value is -1.10. The number of nitrogens with zero attached hydrogens (tertiary/aromatic N) is 2. The van der Waals surface area contributed by atoms with Gasteiger partial charge in [-0.15, -0.1) is 0 Å². The smallest absolute Gasteiger partial charge is 0.242 e. The number of amides is 2. The highest BCUT2D eigenvalue weighted by Crippen LogP contribution is 2.16. The Morgan fingerprint density at radius 1 is 1.32 bits per heavy atom. The zero-order chi connectivity index (χ0) is 15.9. The monoisotopic (exact) mass is 310 g/mol. The topological polar surface area (TPSA) is 49.9 Å². The summed E-state index contributed by atoms with van der Waals surface area (Å²) in [6.45, 7) is 7.39. The number of rotatable bonds is 6. The molecule has 0 aliphatic carbocycles. The number of morpholine rings is 1. The summed E-state index contributed by atoms with van der Waals surface area (Å²) < 4.78 is 5.78. The van der Waals surface area contributed by atoms with Gasteiger partial charge in [0.2, 0.25) is 11.8 Å². The van der Waals surface area contributed by atoms with Gasteiger partial charge >= 0.3 is 0 Å². The minimum Gasteiger partial charge on any atom is -0.375 e. The predicted molar refractivity (Wildman–Crippen MR) is 85.4 cm³/mol. The van der Waals surface area contributed by atoms with Crippen LogP contribution in [-0.2, 0) is 14.3 Å². The van der Waals surface area contributed by atoms with Crippen molar-refractivity contribution in [3.8, 4) is 0 Å². The molecule has 0 aromatic carbocycles. The highest BCUT2D eigenvalue weighted by atomic mass is 16.5. The molecule has 0 bridgehead atoms. The molecule has 126 valence electrons. The number of likely N-dealkylation sites (tertiary alicyclic amines) is 1. The summed E-state index contributed by atoms with van der Waals surface area (Å²) in [5, 5.41) is 0. The van der Waals surface area contributed by atoms with Gasteiger partial charge in [-0.05, 0) is 25.2 Å². The summed E-state index contributed by atoms with van der Waals surface area (Å²) in [7, 11) is 0. The first-order valence-corrected chi connectivity index (χ1v) is 8.73. The molecule has 5 heteroatoms. The third kappa shape index (κ3) is 5.27. The average molecular weight is 310 g/mol. The van der Waals surface area contributed by atoms with E-state index in [4.69, 9.17) is 4.74 Å². The summed E-state index contributed by atoms with van der Waals surface area (Å²) in [6, 6.07) is 0. The van der Waals surface area contributed by atoms with Crippen molar-refractivity contribution >= 4 is 11.8 Å². The van der Waals surface area contributed by atoms with E-state index in [1.54, 1.807) is 4.90 Å². The Kier molecular flexibility index (Phi) is 6.68. The first kappa shape index (κ1) is 17.3. The largest absolute Gasteiger partial charge is 0.375 e. The molecule has 1 atom stereocenters. The molecular weight excluding hydrogens is 280 g/mol. The molecule has 0 aromatic rings. The fourth-order valence-corrected chi connectivity index (χ4v) is 3.17. The van der Waals surface area contributed by atoms with Crippen LogP contribution in [0.5, 0.6) is 0 Å². The molecule has 2 aliphatic heterocycles. The SMILES string of the molecule is CC(C)CCC[C@H]1CN(C(=O)CN2CCCCC2=O)CCO1. The summed E-state index contributed by atoms with van der Waals surface area (Å²) in [4.78, 5) is 27.8. The number of carbonyl (C=O) groups excluding carboxylic acids is 2. The first-order valence-electron chi connectivity index (χ1n) is 8.73. The molecule has 2 saturated heterocycles. The van der Waals surface area contributed by atoms with Crippen molar-refractivity contribution in [2.75, 3.05) is 32.8 Å². The maximum absolute atomic E-state index is 12.4. The molecule has 2 amide bonds. The van der Waals surface area contributed by atoms with Crippen LogP contribution >= 0.6 is 0 Å². The first-order chi connectivity index (χ1) is 10.6. The fraction of sp³-hybridized carbons (Fsp3) is 0.882. The van der Waals surface area contributed by atoms with Crippen LogP contribution in [-0.4, -0.2) is 60.5 Å². The Morgan fingerprint density at radius 3 is 2.86 bits per heavy atom. The average Bonchev–Trinajstić information content (AvgIpc) is 2.49. The lowest BCUT2D eigenvalue weighted by Gasteiger charge is -2.35. The molecule has 22 heavy (non-hydrogen) atoms. The number of hydrogen-bond donors (Lipinski definition) is 0. The summed E-state index contributed by atoms with van der Waals surface area (Å²) in [6.07, 6.45) is 6.09. The van der Waals surface area contributed by atoms with Crippen molar-refractivity contribution in [2.24, 2.45) is 5.92 Å². The quantitative estimate of drug-likeness (QED) is 0.754. The maximum atomic E-state index is 12.4. The van der Waals surface area contributed by atoms with Crippen molar-refractivity contribution in [3.63, 3.8) is 0 Å². The van der Waals surface area contributed by atoms with Gasteiger partial charge in [-0.2, -0.15) is 0 Å². The van der Waals surface area contributed by atoms with Crippen LogP contribution in [0.15, 0.2) is 0 Å². The van der Waals surface area contributed by atoms with Gasteiger partial charge in [0.15, 0.2) is 0 Å². The Labute approximate surface area is 134 Å². The second-order valence-corrected chi connectivity index (χ2v) is 6.93. The van der Waals surface area contributed by atoms with Crippen molar-refractivity contribution in [3.05, 3.63) is 0 Å². The van der Waals surface area contributed by atoms with E-state index in [1.165, 1.54) is 6.42 Å². The van der Waals surface area contributed by atoms with E-state index in [1.807, 2.05) is 4.90 Å². The van der Waals surface area contributed by atoms with Crippen molar-refractivity contribution < 1.29 is 14.3 Å². The predicted octanol–water partition coefficient (Wildman–Crippen LogP) is 2.05. The van der Waals surface area contributed by atoms with Gasteiger partial charge in [0.1, 0.15) is 0 Å². The Balaban J connectivity index is 1.75. The molecule has 0 unspecified atom stereocenters. The van der Waals surface area contributed by atoms with E-state index < -0.39 is 0 Å². The van der Waals surface area contributed by atoms with Crippen LogP contribution < -0.4 is 0 Å². The van der Waals surface area contributed by atoms with Gasteiger partial charge in [-0.25, -0.2) is 0 Å². The van der Waals surface area contributed by atoms with Crippen molar-refractivity contribution in [1.29, 1.82) is 0 Å². The number of hydrogen-bond acceptors (Lipinski definition) is 3. The van der Waals surface area contributed by atoms with E-state index in [9.17, 15) is 9.59 Å². The van der Waals surface area contributed by atoms with Crippen molar-refractivity contribution in [1.82, 2.24) is 9.80 Å². The molecule has 0 saturated carbocycles. The van der Waals surface area contributed by atoms with E-state index in [-0.39, 0.29) is 24.5 Å². The molecule has 2 aliphatic rings. The fourth-order valence-electron chi connectivity index (χ4n) is 3.17. The van der Waals surface area contributed by atoms with Crippen LogP contribution in [0.3, 0.4) is 0 Å². The van der Waals surface area contributed by atoms with Gasteiger partial charge in [-0.3, -0.25) is 9.59 Å². The summed E-state index contributed by atoms with van der Waals surface area (Å²) in [5.74, 6) is 0.917. The van der Waals surface area contributed by atoms with Crippen LogP contribution in [0.1, 0.15) is 52.4 Å². The van der Waals surface area contributed by atoms with Crippen molar-refractivity contribution in [2.45, 2.75) is 58.5 Å². The molecule has 2 fully saturated rings. The van der Waals surface area contributed by atoms with Gasteiger partial charge in [-0.1, -0.05) is 26.7 Å². The highest BCUT2D eigenvalue weighted by molar-refractivity contribution is 5.85. The third-order valence-corrected chi connectivity index (χ3v) is 4.55. The van der Waals surface area contributed by atoms with Crippen LogP contribution in [0, 0.1) is 5.92 Å². The third-order valence-electron chi connectivity index (χ3n) is 4.55. The van der Waals surface area contributed by atoms with E-state index in [2.05, 4.69) is 13.8 Å². The second-order valence-electron chi connectivity index (χ2n) is 6.93. The molecule has 0 radical (unpaired) electrons. The molecular formula is C17H30N2O3. The molecule has 2 rings (SSSR count). The lowest BCUT2D eigenvalue weighted by molar-refractivity contribution is -0.146. The highest BCUT2D eigenvalue weighted by Gasteiger charge is 2.27.